The van der Waals surface area contributed by atoms with Crippen LogP contribution in [0.4, 0.5) is 20.2 Å². The van der Waals surface area contributed by atoms with Gasteiger partial charge in [-0.25, -0.2) is 0 Å². The molecule has 0 aromatic heterocycles. The Morgan fingerprint density at radius 2 is 1.65 bits per heavy atom. The van der Waals surface area contributed by atoms with E-state index in [9.17, 15) is 8.78 Å². The molecule has 1 aliphatic rings. The van der Waals surface area contributed by atoms with Crippen LogP contribution in [-0.2, 0) is 0 Å². The molecule has 1 aliphatic heterocycles. The van der Waals surface area contributed by atoms with Crippen LogP contribution < -0.4 is 19.1 Å². The summed E-state index contributed by atoms with van der Waals surface area (Å²) in [5.74, 6) is 1.28. The largest absolute Gasteiger partial charge is 0.497 e. The number of methoxy groups -OCH3 is 1. The Morgan fingerprint density at radius 3 is 2.41 bits per heavy atom. The first-order valence-corrected chi connectivity index (χ1v) is 10.9. The SMILES string of the molecule is COc1cccc(C2Oc3cccc(OC(F)F)c3-c3ccc(N(C)c4ccccc4)cc32)c1. The predicted octanol–water partition coefficient (Wildman–Crippen LogP) is 7.21. The van der Waals surface area contributed by atoms with E-state index in [1.807, 2.05) is 79.8 Å². The molecule has 1 atom stereocenters. The molecule has 0 bridgehead atoms. The third-order valence-corrected chi connectivity index (χ3v) is 5.96. The van der Waals surface area contributed by atoms with Gasteiger partial charge in [-0.05, 0) is 54.1 Å². The maximum absolute atomic E-state index is 13.2. The Kier molecular flexibility index (Phi) is 5.80. The molecule has 6 heteroatoms. The van der Waals surface area contributed by atoms with E-state index in [-0.39, 0.29) is 5.75 Å². The topological polar surface area (TPSA) is 30.9 Å². The average molecular weight is 459 g/mol. The molecule has 4 nitrogen and oxygen atoms in total. The average Bonchev–Trinajstić information content (AvgIpc) is 2.87. The zero-order valence-corrected chi connectivity index (χ0v) is 18.7. The second-order valence-corrected chi connectivity index (χ2v) is 7.95. The predicted molar refractivity (Wildman–Crippen MR) is 128 cm³/mol. The third-order valence-electron chi connectivity index (χ3n) is 5.96. The van der Waals surface area contributed by atoms with Gasteiger partial charge < -0.3 is 19.1 Å². The summed E-state index contributed by atoms with van der Waals surface area (Å²) >= 11 is 0. The Bertz CT molecular complexity index is 1310. The first-order chi connectivity index (χ1) is 16.5. The number of para-hydroxylation sites is 1. The number of fused-ring (bicyclic) bond motifs is 3. The molecule has 4 aromatic rings. The Morgan fingerprint density at radius 1 is 0.853 bits per heavy atom. The molecule has 0 radical (unpaired) electrons. The Labute approximate surface area is 196 Å². The van der Waals surface area contributed by atoms with E-state index in [0.29, 0.717) is 17.1 Å². The fourth-order valence-electron chi connectivity index (χ4n) is 4.32. The molecule has 1 unspecified atom stereocenters. The Balaban J connectivity index is 1.68. The number of benzene rings is 4. The van der Waals surface area contributed by atoms with Crippen molar-refractivity contribution in [3.8, 4) is 28.4 Å². The molecule has 34 heavy (non-hydrogen) atoms. The van der Waals surface area contributed by atoms with Gasteiger partial charge in [-0.1, -0.05) is 42.5 Å². The highest BCUT2D eigenvalue weighted by molar-refractivity contribution is 5.83. The summed E-state index contributed by atoms with van der Waals surface area (Å²) in [6.45, 7) is -2.94. The van der Waals surface area contributed by atoms with Gasteiger partial charge in [0, 0.05) is 29.5 Å². The van der Waals surface area contributed by atoms with Gasteiger partial charge in [0.15, 0.2) is 0 Å². The van der Waals surface area contributed by atoms with Crippen LogP contribution in [0.25, 0.3) is 11.1 Å². The van der Waals surface area contributed by atoms with E-state index in [2.05, 4.69) is 4.90 Å². The molecule has 0 saturated carbocycles. The molecule has 4 aromatic carbocycles. The van der Waals surface area contributed by atoms with E-state index in [1.165, 1.54) is 6.07 Å². The number of hydrogen-bond acceptors (Lipinski definition) is 4. The smallest absolute Gasteiger partial charge is 0.387 e. The van der Waals surface area contributed by atoms with Crippen molar-refractivity contribution in [3.63, 3.8) is 0 Å². The quantitative estimate of drug-likeness (QED) is 0.305. The van der Waals surface area contributed by atoms with Gasteiger partial charge in [-0.2, -0.15) is 8.78 Å². The van der Waals surface area contributed by atoms with Gasteiger partial charge in [0.25, 0.3) is 0 Å². The first-order valence-electron chi connectivity index (χ1n) is 10.9. The van der Waals surface area contributed by atoms with E-state index in [1.54, 1.807) is 19.2 Å². The molecular formula is C28H23F2NO3. The summed E-state index contributed by atoms with van der Waals surface area (Å²) < 4.78 is 43.0. The number of halogens is 2. The van der Waals surface area contributed by atoms with Crippen LogP contribution in [-0.4, -0.2) is 20.8 Å². The number of nitrogens with zero attached hydrogens (tertiary/aromatic N) is 1. The zero-order valence-electron chi connectivity index (χ0n) is 18.7. The fourth-order valence-corrected chi connectivity index (χ4v) is 4.32. The highest BCUT2D eigenvalue weighted by Crippen LogP contribution is 2.50. The van der Waals surface area contributed by atoms with Crippen molar-refractivity contribution >= 4 is 11.4 Å². The monoisotopic (exact) mass is 459 g/mol. The zero-order chi connectivity index (χ0) is 23.7. The van der Waals surface area contributed by atoms with Gasteiger partial charge in [0.1, 0.15) is 23.4 Å². The van der Waals surface area contributed by atoms with Gasteiger partial charge in [-0.15, -0.1) is 0 Å². The fraction of sp³-hybridized carbons (Fsp3) is 0.143. The summed E-state index contributed by atoms with van der Waals surface area (Å²) in [4.78, 5) is 2.07. The summed E-state index contributed by atoms with van der Waals surface area (Å²) in [5.41, 5.74) is 5.02. The van der Waals surface area contributed by atoms with Crippen molar-refractivity contribution in [2.24, 2.45) is 0 Å². The van der Waals surface area contributed by atoms with Gasteiger partial charge in [0.2, 0.25) is 0 Å². The minimum atomic E-state index is -2.94. The molecule has 0 aliphatic carbocycles. The lowest BCUT2D eigenvalue weighted by molar-refractivity contribution is -0.0496. The first kappa shape index (κ1) is 21.8. The third kappa shape index (κ3) is 4.03. The second-order valence-electron chi connectivity index (χ2n) is 7.95. The number of anilines is 2. The van der Waals surface area contributed by atoms with Gasteiger partial charge in [-0.3, -0.25) is 0 Å². The normalized spacial score (nSPS) is 14.1. The van der Waals surface area contributed by atoms with Gasteiger partial charge >= 0.3 is 6.61 Å². The second kappa shape index (κ2) is 9.06. The van der Waals surface area contributed by atoms with E-state index in [4.69, 9.17) is 14.2 Å². The molecule has 0 saturated heterocycles. The van der Waals surface area contributed by atoms with Crippen LogP contribution in [0.3, 0.4) is 0 Å². The summed E-state index contributed by atoms with van der Waals surface area (Å²) in [6, 6.07) is 28.6. The number of hydrogen-bond donors (Lipinski definition) is 0. The minimum absolute atomic E-state index is 0.0852. The van der Waals surface area contributed by atoms with E-state index < -0.39 is 12.7 Å². The number of ether oxygens (including phenoxy) is 3. The standard InChI is InChI=1S/C28H23F2NO3/c1-31(19-9-4-3-5-10-19)20-14-15-22-23(17-20)27(18-8-6-11-21(16-18)32-2)33-24-12-7-13-25(26(22)24)34-28(29)30/h3-17,27-28H,1-2H3. The van der Waals surface area contributed by atoms with Gasteiger partial charge in [0.05, 0.1) is 12.7 Å². The van der Waals surface area contributed by atoms with Crippen LogP contribution >= 0.6 is 0 Å². The molecule has 0 N–H and O–H groups in total. The van der Waals surface area contributed by atoms with Crippen molar-refractivity contribution in [1.82, 2.24) is 0 Å². The number of rotatable bonds is 6. The molecule has 1 heterocycles. The lowest BCUT2D eigenvalue weighted by atomic mass is 9.88. The summed E-state index contributed by atoms with van der Waals surface area (Å²) in [5, 5.41) is 0. The molecule has 5 rings (SSSR count). The number of alkyl halides is 2. The molecule has 0 fully saturated rings. The van der Waals surface area contributed by atoms with Crippen molar-refractivity contribution in [3.05, 3.63) is 102 Å². The van der Waals surface area contributed by atoms with Crippen LogP contribution in [0, 0.1) is 0 Å². The Hall–Kier alpha value is -4.06. The summed E-state index contributed by atoms with van der Waals surface area (Å²) in [6.07, 6.45) is -0.455. The van der Waals surface area contributed by atoms with Crippen molar-refractivity contribution < 1.29 is 23.0 Å². The minimum Gasteiger partial charge on any atom is -0.497 e. The van der Waals surface area contributed by atoms with Crippen LogP contribution in [0.5, 0.6) is 17.2 Å². The molecule has 172 valence electrons. The molecule has 0 spiro atoms. The van der Waals surface area contributed by atoms with E-state index in [0.717, 1.165) is 28.1 Å². The molecule has 0 amide bonds. The van der Waals surface area contributed by atoms with Crippen LogP contribution in [0.15, 0.2) is 91.0 Å². The maximum Gasteiger partial charge on any atom is 0.387 e. The lowest BCUT2D eigenvalue weighted by Crippen LogP contribution is -2.18. The lowest BCUT2D eigenvalue weighted by Gasteiger charge is -2.32. The molecular weight excluding hydrogens is 436 g/mol. The summed E-state index contributed by atoms with van der Waals surface area (Å²) in [7, 11) is 3.60. The highest BCUT2D eigenvalue weighted by Gasteiger charge is 2.31. The van der Waals surface area contributed by atoms with Crippen molar-refractivity contribution in [1.29, 1.82) is 0 Å². The van der Waals surface area contributed by atoms with Crippen LogP contribution in [0.1, 0.15) is 17.2 Å². The van der Waals surface area contributed by atoms with E-state index >= 15 is 0 Å². The highest BCUT2D eigenvalue weighted by atomic mass is 19.3. The van der Waals surface area contributed by atoms with Crippen molar-refractivity contribution in [2.75, 3.05) is 19.1 Å². The van der Waals surface area contributed by atoms with Crippen molar-refractivity contribution in [2.45, 2.75) is 12.7 Å². The maximum atomic E-state index is 13.2. The van der Waals surface area contributed by atoms with Crippen LogP contribution in [0.2, 0.25) is 0 Å².